The highest BCUT2D eigenvalue weighted by molar-refractivity contribution is 5.93. The molecule has 0 bridgehead atoms. The number of anilines is 1. The number of pyridine rings is 1. The van der Waals surface area contributed by atoms with Gasteiger partial charge in [-0.25, -0.2) is 0 Å². The first-order valence-corrected chi connectivity index (χ1v) is 11.5. The Bertz CT molecular complexity index is 816. The number of piperazine rings is 1. The van der Waals surface area contributed by atoms with Crippen LogP contribution in [0.1, 0.15) is 31.7 Å². The molecule has 2 saturated heterocycles. The second-order valence-corrected chi connectivity index (χ2v) is 8.62. The minimum absolute atomic E-state index is 0.0365. The van der Waals surface area contributed by atoms with Crippen LogP contribution < -0.4 is 4.90 Å². The zero-order valence-corrected chi connectivity index (χ0v) is 18.6. The van der Waals surface area contributed by atoms with E-state index in [9.17, 15) is 4.79 Å². The Hall–Kier alpha value is -2.28. The Kier molecular flexibility index (Phi) is 7.33. The summed E-state index contributed by atoms with van der Waals surface area (Å²) in [5.41, 5.74) is 2.27. The third-order valence-electron chi connectivity index (χ3n) is 6.75. The molecule has 0 atom stereocenters. The maximum absolute atomic E-state index is 12.9. The summed E-state index contributed by atoms with van der Waals surface area (Å²) in [6.45, 7) is 9.32. The zero-order chi connectivity index (χ0) is 21.5. The average Bonchev–Trinajstić information content (AvgIpc) is 2.84. The van der Waals surface area contributed by atoms with Crippen LogP contribution in [-0.2, 0) is 16.1 Å². The van der Waals surface area contributed by atoms with Gasteiger partial charge in [-0.15, -0.1) is 0 Å². The maximum Gasteiger partial charge on any atom is 0.226 e. The van der Waals surface area contributed by atoms with E-state index in [0.717, 1.165) is 64.5 Å². The van der Waals surface area contributed by atoms with Crippen molar-refractivity contribution in [2.75, 3.05) is 50.8 Å². The standard InChI is InChI=1S/C25H34N4O2/c1-2-24(30)29(23-8-12-26-13-9-23)21-25(10-18-31-19-11-25)28-16-14-27(15-17-28)20-22-6-4-3-5-7-22/h3-9,12-13H,2,10-11,14-21H2,1H3. The highest BCUT2D eigenvalue weighted by atomic mass is 16.5. The van der Waals surface area contributed by atoms with Gasteiger partial charge in [0.15, 0.2) is 0 Å². The molecule has 0 radical (unpaired) electrons. The molecule has 1 amide bonds. The van der Waals surface area contributed by atoms with Crippen molar-refractivity contribution < 1.29 is 9.53 Å². The number of rotatable bonds is 7. The van der Waals surface area contributed by atoms with Crippen molar-refractivity contribution in [1.82, 2.24) is 14.8 Å². The van der Waals surface area contributed by atoms with Crippen molar-refractivity contribution in [2.45, 2.75) is 38.3 Å². The SMILES string of the molecule is CCC(=O)N(CC1(N2CCN(Cc3ccccc3)CC2)CCOCC1)c1ccncc1. The molecule has 2 aliphatic rings. The number of amides is 1. The molecule has 6 nitrogen and oxygen atoms in total. The second-order valence-electron chi connectivity index (χ2n) is 8.62. The zero-order valence-electron chi connectivity index (χ0n) is 18.6. The van der Waals surface area contributed by atoms with Crippen LogP contribution in [0.25, 0.3) is 0 Å². The van der Waals surface area contributed by atoms with Crippen molar-refractivity contribution >= 4 is 11.6 Å². The number of carbonyl (C=O) groups excluding carboxylic acids is 1. The summed E-state index contributed by atoms with van der Waals surface area (Å²) in [4.78, 5) is 24.2. The van der Waals surface area contributed by atoms with Crippen molar-refractivity contribution in [3.8, 4) is 0 Å². The average molecular weight is 423 g/mol. The lowest BCUT2D eigenvalue weighted by atomic mass is 9.86. The topological polar surface area (TPSA) is 48.9 Å². The Morgan fingerprint density at radius 3 is 2.35 bits per heavy atom. The van der Waals surface area contributed by atoms with E-state index in [1.165, 1.54) is 5.56 Å². The van der Waals surface area contributed by atoms with Gasteiger partial charge < -0.3 is 9.64 Å². The van der Waals surface area contributed by atoms with E-state index in [1.54, 1.807) is 12.4 Å². The molecule has 3 heterocycles. The molecular formula is C25H34N4O2. The van der Waals surface area contributed by atoms with Crippen LogP contribution in [0.4, 0.5) is 5.69 Å². The lowest BCUT2D eigenvalue weighted by Crippen LogP contribution is -2.63. The van der Waals surface area contributed by atoms with Gasteiger partial charge in [0.05, 0.1) is 0 Å². The van der Waals surface area contributed by atoms with Crippen LogP contribution in [0.3, 0.4) is 0 Å². The Labute approximate surface area is 185 Å². The molecule has 0 spiro atoms. The van der Waals surface area contributed by atoms with E-state index < -0.39 is 0 Å². The van der Waals surface area contributed by atoms with Gasteiger partial charge in [-0.3, -0.25) is 19.6 Å². The first-order valence-electron chi connectivity index (χ1n) is 11.5. The molecule has 2 fully saturated rings. The second kappa shape index (κ2) is 10.4. The van der Waals surface area contributed by atoms with Gasteiger partial charge in [0.2, 0.25) is 5.91 Å². The smallest absolute Gasteiger partial charge is 0.226 e. The number of hydrogen-bond acceptors (Lipinski definition) is 5. The molecule has 0 aliphatic carbocycles. The highest BCUT2D eigenvalue weighted by Gasteiger charge is 2.42. The molecule has 2 aliphatic heterocycles. The van der Waals surface area contributed by atoms with Gasteiger partial charge in [-0.1, -0.05) is 37.3 Å². The van der Waals surface area contributed by atoms with E-state index in [0.29, 0.717) is 13.0 Å². The Morgan fingerprint density at radius 2 is 1.71 bits per heavy atom. The number of aromatic nitrogens is 1. The van der Waals surface area contributed by atoms with Crippen LogP contribution in [0.5, 0.6) is 0 Å². The minimum atomic E-state index is -0.0365. The van der Waals surface area contributed by atoms with Crippen molar-refractivity contribution in [3.05, 3.63) is 60.4 Å². The third kappa shape index (κ3) is 5.32. The van der Waals surface area contributed by atoms with Gasteiger partial charge in [-0.2, -0.15) is 0 Å². The first kappa shape index (κ1) is 21.9. The monoisotopic (exact) mass is 422 g/mol. The predicted octanol–water partition coefficient (Wildman–Crippen LogP) is 3.19. The fourth-order valence-electron chi connectivity index (χ4n) is 4.88. The van der Waals surface area contributed by atoms with Crippen LogP contribution in [-0.4, -0.2) is 72.2 Å². The van der Waals surface area contributed by atoms with Crippen molar-refractivity contribution in [2.24, 2.45) is 0 Å². The Balaban J connectivity index is 1.48. The normalized spacial score (nSPS) is 19.8. The maximum atomic E-state index is 12.9. The molecule has 0 N–H and O–H groups in total. The molecule has 6 heteroatoms. The molecule has 166 valence electrons. The van der Waals surface area contributed by atoms with Gasteiger partial charge in [0.1, 0.15) is 0 Å². The fraction of sp³-hybridized carbons (Fsp3) is 0.520. The van der Waals surface area contributed by atoms with Crippen molar-refractivity contribution in [3.63, 3.8) is 0 Å². The first-order chi connectivity index (χ1) is 15.2. The predicted molar refractivity (Wildman–Crippen MR) is 123 cm³/mol. The quantitative estimate of drug-likeness (QED) is 0.686. The van der Waals surface area contributed by atoms with Crippen molar-refractivity contribution in [1.29, 1.82) is 0 Å². The fourth-order valence-corrected chi connectivity index (χ4v) is 4.88. The summed E-state index contributed by atoms with van der Waals surface area (Å²) in [6.07, 6.45) is 5.96. The highest BCUT2D eigenvalue weighted by Crippen LogP contribution is 2.32. The largest absolute Gasteiger partial charge is 0.381 e. The molecule has 1 aromatic carbocycles. The number of hydrogen-bond donors (Lipinski definition) is 0. The molecule has 0 saturated carbocycles. The summed E-state index contributed by atoms with van der Waals surface area (Å²) in [7, 11) is 0. The van der Waals surface area contributed by atoms with E-state index in [2.05, 4.69) is 45.1 Å². The summed E-state index contributed by atoms with van der Waals surface area (Å²) >= 11 is 0. The molecular weight excluding hydrogens is 388 g/mol. The van der Waals surface area contributed by atoms with Gasteiger partial charge in [0.25, 0.3) is 0 Å². The van der Waals surface area contributed by atoms with Crippen LogP contribution in [0, 0.1) is 0 Å². The molecule has 1 aromatic heterocycles. The number of carbonyl (C=O) groups is 1. The van der Waals surface area contributed by atoms with Crippen LogP contribution in [0.15, 0.2) is 54.9 Å². The van der Waals surface area contributed by atoms with Crippen LogP contribution >= 0.6 is 0 Å². The summed E-state index contributed by atoms with van der Waals surface area (Å²) in [5.74, 6) is 0.166. The summed E-state index contributed by atoms with van der Waals surface area (Å²) < 4.78 is 5.74. The van der Waals surface area contributed by atoms with Crippen LogP contribution in [0.2, 0.25) is 0 Å². The molecule has 31 heavy (non-hydrogen) atoms. The lowest BCUT2D eigenvalue weighted by molar-refractivity contribution is -0.119. The summed E-state index contributed by atoms with van der Waals surface area (Å²) in [6, 6.07) is 14.6. The summed E-state index contributed by atoms with van der Waals surface area (Å²) in [5, 5.41) is 0. The van der Waals surface area contributed by atoms with E-state index >= 15 is 0 Å². The molecule has 0 unspecified atom stereocenters. The molecule has 2 aromatic rings. The number of nitrogens with zero attached hydrogens (tertiary/aromatic N) is 4. The molecule has 4 rings (SSSR count). The van der Waals surface area contributed by atoms with E-state index in [1.807, 2.05) is 24.0 Å². The van der Waals surface area contributed by atoms with Gasteiger partial charge >= 0.3 is 0 Å². The number of benzene rings is 1. The van der Waals surface area contributed by atoms with Gasteiger partial charge in [0, 0.05) is 82.5 Å². The Morgan fingerprint density at radius 1 is 1.03 bits per heavy atom. The number of ether oxygens (including phenoxy) is 1. The lowest BCUT2D eigenvalue weighted by Gasteiger charge is -2.51. The van der Waals surface area contributed by atoms with Gasteiger partial charge in [-0.05, 0) is 30.5 Å². The minimum Gasteiger partial charge on any atom is -0.381 e. The van der Waals surface area contributed by atoms with E-state index in [-0.39, 0.29) is 11.4 Å². The third-order valence-corrected chi connectivity index (χ3v) is 6.75. The van der Waals surface area contributed by atoms with E-state index in [4.69, 9.17) is 4.74 Å².